The fourth-order valence-corrected chi connectivity index (χ4v) is 4.11. The van der Waals surface area contributed by atoms with Crippen LogP contribution in [0.4, 0.5) is 0 Å². The second-order valence-corrected chi connectivity index (χ2v) is 8.30. The third-order valence-electron chi connectivity index (χ3n) is 4.65. The molecule has 0 fully saturated rings. The van der Waals surface area contributed by atoms with E-state index in [2.05, 4.69) is 36.5 Å². The van der Waals surface area contributed by atoms with Gasteiger partial charge in [0, 0.05) is 23.9 Å². The number of aryl methyl sites for hydroxylation is 1. The first-order valence-corrected chi connectivity index (χ1v) is 11.4. The van der Waals surface area contributed by atoms with Crippen LogP contribution < -0.4 is 5.32 Å². The van der Waals surface area contributed by atoms with Crippen molar-refractivity contribution in [2.45, 2.75) is 45.5 Å². The van der Waals surface area contributed by atoms with Crippen molar-refractivity contribution in [3.8, 4) is 0 Å². The maximum absolute atomic E-state index is 13.1. The van der Waals surface area contributed by atoms with E-state index in [1.165, 1.54) is 11.1 Å². The highest BCUT2D eigenvalue weighted by Gasteiger charge is 2.28. The first-order chi connectivity index (χ1) is 14.0. The summed E-state index contributed by atoms with van der Waals surface area (Å²) in [5.41, 5.74) is 3.24. The molecule has 0 aliphatic rings. The molecule has 0 spiro atoms. The Morgan fingerprint density at radius 2 is 1.79 bits per heavy atom. The Morgan fingerprint density at radius 3 is 2.41 bits per heavy atom. The lowest BCUT2D eigenvalue weighted by atomic mass is 10.1. The first-order valence-electron chi connectivity index (χ1n) is 9.90. The molecular weight excluding hydrogens is 404 g/mol. The molecule has 0 unspecified atom stereocenters. The molecule has 4 nitrogen and oxygen atoms in total. The third kappa shape index (κ3) is 7.09. The Bertz CT molecular complexity index is 811. The molecule has 0 heterocycles. The van der Waals surface area contributed by atoms with Gasteiger partial charge in [0.2, 0.25) is 11.8 Å². The number of halogens is 1. The van der Waals surface area contributed by atoms with Crippen LogP contribution in [-0.2, 0) is 21.9 Å². The maximum Gasteiger partial charge on any atom is 0.242 e. The summed E-state index contributed by atoms with van der Waals surface area (Å²) in [7, 11) is 0. The Balaban J connectivity index is 2.11. The van der Waals surface area contributed by atoms with Crippen molar-refractivity contribution in [1.82, 2.24) is 10.2 Å². The van der Waals surface area contributed by atoms with E-state index in [9.17, 15) is 9.59 Å². The molecule has 1 atom stereocenters. The van der Waals surface area contributed by atoms with Gasteiger partial charge in [0.15, 0.2) is 0 Å². The molecule has 2 aromatic rings. The second kappa shape index (κ2) is 11.9. The van der Waals surface area contributed by atoms with Crippen LogP contribution in [0.2, 0.25) is 5.02 Å². The molecule has 0 radical (unpaired) electrons. The molecule has 0 aliphatic heterocycles. The molecule has 2 rings (SSSR count). The summed E-state index contributed by atoms with van der Waals surface area (Å²) < 4.78 is 0. The minimum absolute atomic E-state index is 0.0554. The van der Waals surface area contributed by atoms with Crippen molar-refractivity contribution in [3.63, 3.8) is 0 Å². The Morgan fingerprint density at radius 1 is 1.10 bits per heavy atom. The second-order valence-electron chi connectivity index (χ2n) is 6.91. The molecule has 0 saturated heterocycles. The van der Waals surface area contributed by atoms with E-state index in [0.29, 0.717) is 30.3 Å². The molecule has 2 aromatic carbocycles. The van der Waals surface area contributed by atoms with Crippen LogP contribution in [0, 0.1) is 6.92 Å². The van der Waals surface area contributed by atoms with Gasteiger partial charge in [0.1, 0.15) is 6.04 Å². The van der Waals surface area contributed by atoms with Crippen LogP contribution in [-0.4, -0.2) is 35.1 Å². The predicted molar refractivity (Wildman–Crippen MR) is 122 cm³/mol. The maximum atomic E-state index is 13.1. The SMILES string of the molecule is CCNC(=O)[C@H](CC)N(Cc1ccccc1Cl)C(=O)CSCc1ccc(C)cc1. The topological polar surface area (TPSA) is 49.4 Å². The number of hydrogen-bond donors (Lipinski definition) is 1. The average Bonchev–Trinajstić information content (AvgIpc) is 2.71. The summed E-state index contributed by atoms with van der Waals surface area (Å²) in [6, 6.07) is 15.2. The molecule has 1 N–H and O–H groups in total. The van der Waals surface area contributed by atoms with Gasteiger partial charge >= 0.3 is 0 Å². The zero-order valence-corrected chi connectivity index (χ0v) is 18.9. The smallest absolute Gasteiger partial charge is 0.242 e. The van der Waals surface area contributed by atoms with E-state index in [4.69, 9.17) is 11.6 Å². The standard InChI is InChI=1S/C23H29ClN2O2S/c1-4-21(23(28)25-5-2)26(14-19-8-6-7-9-20(19)24)22(27)16-29-15-18-12-10-17(3)11-13-18/h6-13,21H,4-5,14-16H2,1-3H3,(H,25,28)/t21-/m0/s1. The van der Waals surface area contributed by atoms with E-state index in [1.807, 2.05) is 32.0 Å². The lowest BCUT2D eigenvalue weighted by Crippen LogP contribution is -2.49. The summed E-state index contributed by atoms with van der Waals surface area (Å²) in [6.45, 7) is 6.71. The molecule has 2 amide bonds. The summed E-state index contributed by atoms with van der Waals surface area (Å²) in [6.07, 6.45) is 0.546. The van der Waals surface area contributed by atoms with Crippen molar-refractivity contribution >= 4 is 35.2 Å². The molecular formula is C23H29ClN2O2S. The van der Waals surface area contributed by atoms with Gasteiger partial charge < -0.3 is 10.2 Å². The van der Waals surface area contributed by atoms with E-state index < -0.39 is 6.04 Å². The zero-order valence-electron chi connectivity index (χ0n) is 17.3. The largest absolute Gasteiger partial charge is 0.355 e. The number of likely N-dealkylation sites (N-methyl/N-ethyl adjacent to an activating group) is 1. The van der Waals surface area contributed by atoms with Gasteiger partial charge in [-0.3, -0.25) is 9.59 Å². The van der Waals surface area contributed by atoms with Gasteiger partial charge in [0.05, 0.1) is 5.75 Å². The Labute approximate surface area is 183 Å². The highest BCUT2D eigenvalue weighted by molar-refractivity contribution is 7.99. The van der Waals surface area contributed by atoms with Crippen molar-refractivity contribution in [2.75, 3.05) is 12.3 Å². The average molecular weight is 433 g/mol. The fourth-order valence-electron chi connectivity index (χ4n) is 3.05. The third-order valence-corrected chi connectivity index (χ3v) is 6.01. The number of carbonyl (C=O) groups excluding carboxylic acids is 2. The Hall–Kier alpha value is -1.98. The zero-order chi connectivity index (χ0) is 21.2. The molecule has 156 valence electrons. The monoisotopic (exact) mass is 432 g/mol. The lowest BCUT2D eigenvalue weighted by Gasteiger charge is -2.30. The number of carbonyl (C=O) groups is 2. The highest BCUT2D eigenvalue weighted by Crippen LogP contribution is 2.21. The van der Waals surface area contributed by atoms with Crippen LogP contribution in [0.1, 0.15) is 37.0 Å². The molecule has 0 saturated carbocycles. The first kappa shape index (κ1) is 23.3. The highest BCUT2D eigenvalue weighted by atomic mass is 35.5. The quantitative estimate of drug-likeness (QED) is 0.585. The van der Waals surface area contributed by atoms with Crippen LogP contribution in [0.15, 0.2) is 48.5 Å². The van der Waals surface area contributed by atoms with E-state index in [0.717, 1.165) is 11.3 Å². The van der Waals surface area contributed by atoms with Gasteiger partial charge in [-0.05, 0) is 37.5 Å². The van der Waals surface area contributed by atoms with Crippen molar-refractivity contribution in [2.24, 2.45) is 0 Å². The van der Waals surface area contributed by atoms with Crippen molar-refractivity contribution in [1.29, 1.82) is 0 Å². The summed E-state index contributed by atoms with van der Waals surface area (Å²) >= 11 is 7.88. The predicted octanol–water partition coefficient (Wildman–Crippen LogP) is 4.83. The molecule has 0 aliphatic carbocycles. The number of nitrogens with zero attached hydrogens (tertiary/aromatic N) is 1. The molecule has 0 bridgehead atoms. The Kier molecular flexibility index (Phi) is 9.55. The van der Waals surface area contributed by atoms with Gasteiger partial charge in [-0.15, -0.1) is 11.8 Å². The van der Waals surface area contributed by atoms with Gasteiger partial charge in [0.25, 0.3) is 0 Å². The molecule has 29 heavy (non-hydrogen) atoms. The number of amides is 2. The summed E-state index contributed by atoms with van der Waals surface area (Å²) in [4.78, 5) is 27.3. The van der Waals surface area contributed by atoms with Gasteiger partial charge in [-0.1, -0.05) is 66.6 Å². The summed E-state index contributed by atoms with van der Waals surface area (Å²) in [5.74, 6) is 0.886. The fraction of sp³-hybridized carbons (Fsp3) is 0.391. The number of thioether (sulfide) groups is 1. The van der Waals surface area contributed by atoms with Gasteiger partial charge in [-0.25, -0.2) is 0 Å². The normalized spacial score (nSPS) is 11.7. The van der Waals surface area contributed by atoms with E-state index in [-0.39, 0.29) is 11.8 Å². The number of hydrogen-bond acceptors (Lipinski definition) is 3. The van der Waals surface area contributed by atoms with Crippen LogP contribution in [0.5, 0.6) is 0 Å². The summed E-state index contributed by atoms with van der Waals surface area (Å²) in [5, 5.41) is 3.45. The van der Waals surface area contributed by atoms with Crippen molar-refractivity contribution < 1.29 is 9.59 Å². The number of benzene rings is 2. The van der Waals surface area contributed by atoms with Crippen LogP contribution in [0.3, 0.4) is 0 Å². The lowest BCUT2D eigenvalue weighted by molar-refractivity contribution is -0.139. The number of rotatable bonds is 10. The number of nitrogens with one attached hydrogen (secondary N) is 1. The van der Waals surface area contributed by atoms with E-state index in [1.54, 1.807) is 22.7 Å². The van der Waals surface area contributed by atoms with Gasteiger partial charge in [-0.2, -0.15) is 0 Å². The van der Waals surface area contributed by atoms with E-state index >= 15 is 0 Å². The molecule has 0 aromatic heterocycles. The van der Waals surface area contributed by atoms with Crippen molar-refractivity contribution in [3.05, 3.63) is 70.2 Å². The molecule has 6 heteroatoms. The minimum atomic E-state index is -0.515. The van der Waals surface area contributed by atoms with Crippen LogP contribution >= 0.6 is 23.4 Å². The van der Waals surface area contributed by atoms with Crippen LogP contribution in [0.25, 0.3) is 0 Å². The minimum Gasteiger partial charge on any atom is -0.355 e.